The number of hydrogen-bond acceptors (Lipinski definition) is 2. The van der Waals surface area contributed by atoms with Gasteiger partial charge in [-0.1, -0.05) is 22.6 Å². The normalized spacial score (nSPS) is 13.4. The highest BCUT2D eigenvalue weighted by atomic mass is 127. The second-order valence-electron chi connectivity index (χ2n) is 4.71. The molecule has 0 aliphatic heterocycles. The molecule has 0 rings (SSSR count). The predicted molar refractivity (Wildman–Crippen MR) is 66.4 cm³/mol. The first-order valence-electron chi connectivity index (χ1n) is 4.79. The molecule has 0 saturated carbocycles. The van der Waals surface area contributed by atoms with Crippen LogP contribution in [0.15, 0.2) is 0 Å². The lowest BCUT2D eigenvalue weighted by Crippen LogP contribution is -2.34. The Hall–Kier alpha value is 0.650. The van der Waals surface area contributed by atoms with Crippen LogP contribution in [-0.2, 0) is 4.74 Å². The molecule has 0 aliphatic carbocycles. The SMILES string of the molecule is CC(C)(I)NCCCOC(C)(C)C. The first kappa shape index (κ1) is 13.7. The van der Waals surface area contributed by atoms with Crippen molar-refractivity contribution in [2.24, 2.45) is 0 Å². The van der Waals surface area contributed by atoms with Gasteiger partial charge >= 0.3 is 0 Å². The van der Waals surface area contributed by atoms with Crippen LogP contribution in [0.3, 0.4) is 0 Å². The molecule has 0 atom stereocenters. The first-order valence-corrected chi connectivity index (χ1v) is 5.86. The second-order valence-corrected chi connectivity index (χ2v) is 7.41. The van der Waals surface area contributed by atoms with Gasteiger partial charge in [0.2, 0.25) is 0 Å². The van der Waals surface area contributed by atoms with Crippen molar-refractivity contribution in [3.8, 4) is 0 Å². The van der Waals surface area contributed by atoms with Crippen molar-refractivity contribution in [1.29, 1.82) is 0 Å². The van der Waals surface area contributed by atoms with E-state index >= 15 is 0 Å². The highest BCUT2D eigenvalue weighted by Gasteiger charge is 2.11. The third-order valence-electron chi connectivity index (χ3n) is 1.40. The molecule has 0 saturated heterocycles. The molecule has 0 radical (unpaired) electrons. The van der Waals surface area contributed by atoms with Crippen LogP contribution in [0.1, 0.15) is 41.0 Å². The summed E-state index contributed by atoms with van der Waals surface area (Å²) >= 11 is 2.39. The van der Waals surface area contributed by atoms with Gasteiger partial charge in [0.15, 0.2) is 0 Å². The van der Waals surface area contributed by atoms with E-state index in [2.05, 4.69) is 62.5 Å². The Kier molecular flexibility index (Phi) is 5.79. The van der Waals surface area contributed by atoms with E-state index in [9.17, 15) is 0 Å². The van der Waals surface area contributed by atoms with E-state index < -0.39 is 0 Å². The van der Waals surface area contributed by atoms with E-state index in [1.165, 1.54) is 0 Å². The van der Waals surface area contributed by atoms with Crippen LogP contribution in [0.4, 0.5) is 0 Å². The molecule has 0 aliphatic rings. The Morgan fingerprint density at radius 1 is 1.15 bits per heavy atom. The summed E-state index contributed by atoms with van der Waals surface area (Å²) in [4.78, 5) is 0. The molecular weight excluding hydrogens is 277 g/mol. The summed E-state index contributed by atoms with van der Waals surface area (Å²) in [5.74, 6) is 0. The van der Waals surface area contributed by atoms with Crippen LogP contribution in [0.5, 0.6) is 0 Å². The molecule has 1 N–H and O–H groups in total. The number of nitrogens with one attached hydrogen (secondary N) is 1. The largest absolute Gasteiger partial charge is 0.376 e. The minimum absolute atomic E-state index is 0.000156. The van der Waals surface area contributed by atoms with Crippen LogP contribution in [0.25, 0.3) is 0 Å². The summed E-state index contributed by atoms with van der Waals surface area (Å²) in [5.41, 5.74) is -0.000156. The highest BCUT2D eigenvalue weighted by Crippen LogP contribution is 2.11. The lowest BCUT2D eigenvalue weighted by atomic mass is 10.2. The van der Waals surface area contributed by atoms with E-state index in [-0.39, 0.29) is 9.15 Å². The summed E-state index contributed by atoms with van der Waals surface area (Å²) in [6, 6.07) is 0. The molecular formula is C10H22INO. The number of rotatable bonds is 5. The van der Waals surface area contributed by atoms with Gasteiger partial charge in [0.1, 0.15) is 0 Å². The zero-order valence-electron chi connectivity index (χ0n) is 9.41. The maximum Gasteiger partial charge on any atom is 0.0648 e. The van der Waals surface area contributed by atoms with Gasteiger partial charge in [-0.3, -0.25) is 0 Å². The smallest absolute Gasteiger partial charge is 0.0648 e. The monoisotopic (exact) mass is 299 g/mol. The molecule has 0 bridgehead atoms. The number of hydrogen-bond donors (Lipinski definition) is 1. The molecule has 0 spiro atoms. The minimum Gasteiger partial charge on any atom is -0.376 e. The van der Waals surface area contributed by atoms with Gasteiger partial charge in [0.25, 0.3) is 0 Å². The summed E-state index contributed by atoms with van der Waals surface area (Å²) in [6.07, 6.45) is 1.07. The maximum atomic E-state index is 5.60. The van der Waals surface area contributed by atoms with E-state index in [1.54, 1.807) is 0 Å². The molecule has 0 unspecified atom stereocenters. The van der Waals surface area contributed by atoms with Crippen molar-refractivity contribution >= 4 is 22.6 Å². The van der Waals surface area contributed by atoms with Crippen molar-refractivity contribution in [3.05, 3.63) is 0 Å². The van der Waals surface area contributed by atoms with Gasteiger partial charge in [-0.15, -0.1) is 0 Å². The molecule has 2 nitrogen and oxygen atoms in total. The number of alkyl halides is 1. The van der Waals surface area contributed by atoms with Gasteiger partial charge in [-0.2, -0.15) is 0 Å². The van der Waals surface area contributed by atoms with Crippen molar-refractivity contribution in [2.75, 3.05) is 13.2 Å². The van der Waals surface area contributed by atoms with Crippen LogP contribution in [0.2, 0.25) is 0 Å². The van der Waals surface area contributed by atoms with Gasteiger partial charge in [0.05, 0.1) is 9.15 Å². The quantitative estimate of drug-likeness (QED) is 0.365. The van der Waals surface area contributed by atoms with Gasteiger partial charge in [0, 0.05) is 6.61 Å². The van der Waals surface area contributed by atoms with Crippen molar-refractivity contribution in [3.63, 3.8) is 0 Å². The minimum atomic E-state index is -0.000156. The van der Waals surface area contributed by atoms with Crippen molar-refractivity contribution < 1.29 is 4.74 Å². The average Bonchev–Trinajstić information content (AvgIpc) is 1.81. The molecule has 80 valence electrons. The maximum absolute atomic E-state index is 5.60. The molecule has 0 aromatic heterocycles. The Balaban J connectivity index is 3.28. The third-order valence-corrected chi connectivity index (χ3v) is 1.78. The fourth-order valence-electron chi connectivity index (χ4n) is 0.836. The van der Waals surface area contributed by atoms with Gasteiger partial charge < -0.3 is 10.1 Å². The standard InChI is InChI=1S/C10H22INO/c1-9(2,3)13-8-6-7-12-10(4,5)11/h12H,6-8H2,1-5H3. The molecule has 0 aromatic carbocycles. The predicted octanol–water partition coefficient (Wildman–Crippen LogP) is 2.95. The summed E-state index contributed by atoms with van der Waals surface area (Å²) in [7, 11) is 0. The Labute approximate surface area is 95.9 Å². The number of ether oxygens (including phenoxy) is 1. The molecule has 13 heavy (non-hydrogen) atoms. The van der Waals surface area contributed by atoms with E-state index in [4.69, 9.17) is 4.74 Å². The molecule has 0 amide bonds. The molecule has 0 aromatic rings. The van der Waals surface area contributed by atoms with Crippen LogP contribution in [-0.4, -0.2) is 22.3 Å². The zero-order chi connectivity index (χ0) is 10.5. The van der Waals surface area contributed by atoms with Crippen molar-refractivity contribution in [1.82, 2.24) is 5.32 Å². The fraction of sp³-hybridized carbons (Fsp3) is 1.00. The van der Waals surface area contributed by atoms with Crippen LogP contribution >= 0.6 is 22.6 Å². The second kappa shape index (κ2) is 5.51. The Bertz CT molecular complexity index is 119. The molecule has 0 heterocycles. The third kappa shape index (κ3) is 12.6. The Morgan fingerprint density at radius 2 is 1.69 bits per heavy atom. The number of halogens is 1. The average molecular weight is 299 g/mol. The van der Waals surface area contributed by atoms with Crippen LogP contribution in [0, 0.1) is 0 Å². The van der Waals surface area contributed by atoms with E-state index in [0.29, 0.717) is 0 Å². The van der Waals surface area contributed by atoms with Crippen molar-refractivity contribution in [2.45, 2.75) is 50.2 Å². The lowest BCUT2D eigenvalue weighted by molar-refractivity contribution is -0.00391. The van der Waals surface area contributed by atoms with Gasteiger partial charge in [-0.05, 0) is 47.6 Å². The van der Waals surface area contributed by atoms with Gasteiger partial charge in [-0.25, -0.2) is 0 Å². The fourth-order valence-corrected chi connectivity index (χ4v) is 1.11. The van der Waals surface area contributed by atoms with E-state index in [1.807, 2.05) is 0 Å². The summed E-state index contributed by atoms with van der Waals surface area (Å²) in [5, 5.41) is 3.41. The zero-order valence-corrected chi connectivity index (χ0v) is 11.6. The molecule has 0 fully saturated rings. The van der Waals surface area contributed by atoms with Crippen LogP contribution < -0.4 is 5.32 Å². The summed E-state index contributed by atoms with van der Waals surface area (Å²) < 4.78 is 5.80. The van der Waals surface area contributed by atoms with E-state index in [0.717, 1.165) is 19.6 Å². The Morgan fingerprint density at radius 3 is 2.08 bits per heavy atom. The first-order chi connectivity index (χ1) is 5.71. The topological polar surface area (TPSA) is 21.3 Å². The highest BCUT2D eigenvalue weighted by molar-refractivity contribution is 14.1. The lowest BCUT2D eigenvalue weighted by Gasteiger charge is -2.21. The molecule has 3 heteroatoms. The summed E-state index contributed by atoms with van der Waals surface area (Å²) in [6.45, 7) is 12.4.